The predicted octanol–water partition coefficient (Wildman–Crippen LogP) is 5.74. The number of rotatable bonds is 10. The molecule has 0 amide bonds. The molecule has 37 heavy (non-hydrogen) atoms. The number of hydrogen-bond acceptors (Lipinski definition) is 6. The van der Waals surface area contributed by atoms with Crippen molar-refractivity contribution in [1.82, 2.24) is 10.3 Å². The van der Waals surface area contributed by atoms with Crippen LogP contribution in [0.1, 0.15) is 34.0 Å². The Morgan fingerprint density at radius 1 is 1.03 bits per heavy atom. The van der Waals surface area contributed by atoms with Crippen LogP contribution in [0.15, 0.2) is 102 Å². The Morgan fingerprint density at radius 2 is 1.84 bits per heavy atom. The number of aryl methyl sites for hydroxylation is 1. The molecular formula is C31H30N2O3S. The topological polar surface area (TPSA) is 71.5 Å². The average molecular weight is 511 g/mol. The molecule has 2 N–H and O–H groups in total. The average Bonchev–Trinajstić information content (AvgIpc) is 2.96. The van der Waals surface area contributed by atoms with Gasteiger partial charge in [0.1, 0.15) is 11.9 Å². The summed E-state index contributed by atoms with van der Waals surface area (Å²) in [6.07, 6.45) is 4.72. The van der Waals surface area contributed by atoms with E-state index in [4.69, 9.17) is 4.74 Å². The van der Waals surface area contributed by atoms with Gasteiger partial charge in [-0.2, -0.15) is 0 Å². The molecule has 2 unspecified atom stereocenters. The smallest absolute Gasteiger partial charge is 0.173 e. The Labute approximate surface area is 221 Å². The van der Waals surface area contributed by atoms with Crippen molar-refractivity contribution in [2.45, 2.75) is 29.9 Å². The second-order valence-electron chi connectivity index (χ2n) is 9.16. The minimum Gasteiger partial charge on any atom is -0.489 e. The first-order valence-corrected chi connectivity index (χ1v) is 13.5. The van der Waals surface area contributed by atoms with E-state index in [9.17, 15) is 9.90 Å². The Hall–Kier alpha value is -3.45. The van der Waals surface area contributed by atoms with Crippen LogP contribution in [0.5, 0.6) is 5.75 Å². The van der Waals surface area contributed by atoms with Crippen molar-refractivity contribution < 1.29 is 14.6 Å². The van der Waals surface area contributed by atoms with Gasteiger partial charge in [-0.1, -0.05) is 54.6 Å². The number of carbonyl (C=O) groups is 1. The molecule has 1 aliphatic heterocycles. The number of hydrogen-bond donors (Lipinski definition) is 2. The van der Waals surface area contributed by atoms with E-state index in [0.29, 0.717) is 18.8 Å². The fourth-order valence-electron chi connectivity index (χ4n) is 4.44. The summed E-state index contributed by atoms with van der Waals surface area (Å²) < 4.78 is 6.22. The number of thioether (sulfide) groups is 1. The summed E-state index contributed by atoms with van der Waals surface area (Å²) in [5.74, 6) is 1.48. The molecule has 1 aromatic heterocycles. The van der Waals surface area contributed by atoms with Crippen LogP contribution < -0.4 is 10.1 Å². The number of aliphatic hydroxyl groups excluding tert-OH is 1. The molecular weight excluding hydrogens is 480 g/mol. The molecule has 0 saturated heterocycles. The molecule has 5 rings (SSSR count). The van der Waals surface area contributed by atoms with E-state index < -0.39 is 6.10 Å². The van der Waals surface area contributed by atoms with Gasteiger partial charge in [0.15, 0.2) is 5.78 Å². The molecule has 2 atom stereocenters. The molecule has 1 aliphatic rings. The van der Waals surface area contributed by atoms with Gasteiger partial charge in [-0.25, -0.2) is 0 Å². The van der Waals surface area contributed by atoms with E-state index in [-0.39, 0.29) is 11.9 Å². The van der Waals surface area contributed by atoms with Gasteiger partial charge in [-0.05, 0) is 59.9 Å². The van der Waals surface area contributed by atoms with Gasteiger partial charge in [0.2, 0.25) is 0 Å². The zero-order valence-electron chi connectivity index (χ0n) is 20.5. The second kappa shape index (κ2) is 12.2. The summed E-state index contributed by atoms with van der Waals surface area (Å²) in [6, 6.07) is 27.9. The molecule has 2 heterocycles. The maximum Gasteiger partial charge on any atom is 0.173 e. The number of pyridine rings is 1. The summed E-state index contributed by atoms with van der Waals surface area (Å²) in [5.41, 5.74) is 4.95. The van der Waals surface area contributed by atoms with E-state index in [1.807, 2.05) is 72.8 Å². The van der Waals surface area contributed by atoms with Crippen molar-refractivity contribution in [3.05, 3.63) is 114 Å². The molecule has 0 fully saturated rings. The molecule has 0 bridgehead atoms. The normalized spacial score (nSPS) is 15.4. The lowest BCUT2D eigenvalue weighted by molar-refractivity contribution is 0.102. The van der Waals surface area contributed by atoms with Gasteiger partial charge < -0.3 is 15.2 Å². The van der Waals surface area contributed by atoms with E-state index in [0.717, 1.165) is 45.7 Å². The zero-order chi connectivity index (χ0) is 25.5. The van der Waals surface area contributed by atoms with Crippen LogP contribution in [0.25, 0.3) is 11.1 Å². The van der Waals surface area contributed by atoms with Crippen molar-refractivity contribution in [3.8, 4) is 16.9 Å². The quantitative estimate of drug-likeness (QED) is 0.209. The first kappa shape index (κ1) is 25.2. The maximum absolute atomic E-state index is 12.6. The fourth-order valence-corrected chi connectivity index (χ4v) is 5.25. The number of carbonyl (C=O) groups excluding carboxylic acids is 1. The van der Waals surface area contributed by atoms with Crippen LogP contribution >= 0.6 is 11.8 Å². The predicted molar refractivity (Wildman–Crippen MR) is 148 cm³/mol. The zero-order valence-corrected chi connectivity index (χ0v) is 21.4. The standard InChI is InChI=1S/C31H30N2O3S/c34-29(26-5-4-16-32-18-26)20-33-19-27-14-12-25-17-24(13-15-31(25)36-27)22-8-10-23(11-9-22)30(35)21-37-28-6-2-1-3-7-28/h1-11,13,15-18,27,29,33-34H,12,14,19-21H2. The summed E-state index contributed by atoms with van der Waals surface area (Å²) in [6.45, 7) is 1.14. The van der Waals surface area contributed by atoms with Gasteiger partial charge >= 0.3 is 0 Å². The molecule has 0 saturated carbocycles. The van der Waals surface area contributed by atoms with E-state index in [2.05, 4.69) is 22.4 Å². The number of fused-ring (bicyclic) bond motifs is 1. The third kappa shape index (κ3) is 6.66. The highest BCUT2D eigenvalue weighted by Crippen LogP contribution is 2.32. The number of benzene rings is 3. The molecule has 188 valence electrons. The van der Waals surface area contributed by atoms with Crippen molar-refractivity contribution >= 4 is 17.5 Å². The highest BCUT2D eigenvalue weighted by molar-refractivity contribution is 8.00. The van der Waals surface area contributed by atoms with Gasteiger partial charge in [-0.15, -0.1) is 11.8 Å². The van der Waals surface area contributed by atoms with Crippen LogP contribution in [0.4, 0.5) is 0 Å². The lowest BCUT2D eigenvalue weighted by Crippen LogP contribution is -2.36. The third-order valence-corrected chi connectivity index (χ3v) is 7.53. The van der Waals surface area contributed by atoms with Crippen molar-refractivity contribution in [1.29, 1.82) is 0 Å². The number of Topliss-reactive ketones (excluding diaryl/α,β-unsaturated/α-hetero) is 1. The SMILES string of the molecule is O=C(CSc1ccccc1)c1ccc(-c2ccc3c(c2)CCC(CNCC(O)c2cccnc2)O3)cc1. The number of ether oxygens (including phenoxy) is 1. The summed E-state index contributed by atoms with van der Waals surface area (Å²) >= 11 is 1.56. The molecule has 0 spiro atoms. The van der Waals surface area contributed by atoms with E-state index in [1.165, 1.54) is 5.56 Å². The molecule has 5 nitrogen and oxygen atoms in total. The van der Waals surface area contributed by atoms with Gasteiger partial charge in [-0.3, -0.25) is 9.78 Å². The number of ketones is 1. The molecule has 0 radical (unpaired) electrons. The molecule has 3 aromatic carbocycles. The maximum atomic E-state index is 12.6. The monoisotopic (exact) mass is 510 g/mol. The van der Waals surface area contributed by atoms with Crippen LogP contribution in [-0.2, 0) is 6.42 Å². The van der Waals surface area contributed by atoms with E-state index in [1.54, 1.807) is 24.2 Å². The Kier molecular flexibility index (Phi) is 8.31. The van der Waals surface area contributed by atoms with Gasteiger partial charge in [0.25, 0.3) is 0 Å². The van der Waals surface area contributed by atoms with Crippen molar-refractivity contribution in [2.75, 3.05) is 18.8 Å². The lowest BCUT2D eigenvalue weighted by Gasteiger charge is -2.27. The van der Waals surface area contributed by atoms with Crippen molar-refractivity contribution in [2.24, 2.45) is 0 Å². The Balaban J connectivity index is 1.14. The Morgan fingerprint density at radius 3 is 2.62 bits per heavy atom. The largest absolute Gasteiger partial charge is 0.489 e. The third-order valence-electron chi connectivity index (χ3n) is 6.52. The van der Waals surface area contributed by atoms with Gasteiger partial charge in [0, 0.05) is 41.5 Å². The van der Waals surface area contributed by atoms with Crippen LogP contribution in [0.2, 0.25) is 0 Å². The van der Waals surface area contributed by atoms with Crippen LogP contribution in [0.3, 0.4) is 0 Å². The fraction of sp³-hybridized carbons (Fsp3) is 0.226. The number of aliphatic hydroxyl groups is 1. The molecule has 6 heteroatoms. The summed E-state index contributed by atoms with van der Waals surface area (Å²) in [5, 5.41) is 13.6. The highest BCUT2D eigenvalue weighted by atomic mass is 32.2. The first-order chi connectivity index (χ1) is 18.2. The van der Waals surface area contributed by atoms with Crippen LogP contribution in [0, 0.1) is 0 Å². The minimum absolute atomic E-state index is 0.0681. The summed E-state index contributed by atoms with van der Waals surface area (Å²) in [4.78, 5) is 17.8. The highest BCUT2D eigenvalue weighted by Gasteiger charge is 2.20. The number of nitrogens with one attached hydrogen (secondary N) is 1. The number of nitrogens with zero attached hydrogens (tertiary/aromatic N) is 1. The number of aromatic nitrogens is 1. The van der Waals surface area contributed by atoms with Crippen molar-refractivity contribution in [3.63, 3.8) is 0 Å². The molecule has 4 aromatic rings. The summed E-state index contributed by atoms with van der Waals surface area (Å²) in [7, 11) is 0. The van der Waals surface area contributed by atoms with Gasteiger partial charge in [0.05, 0.1) is 11.9 Å². The van der Waals surface area contributed by atoms with Crippen LogP contribution in [-0.4, -0.2) is 40.8 Å². The van der Waals surface area contributed by atoms with E-state index >= 15 is 0 Å². The second-order valence-corrected chi connectivity index (χ2v) is 10.2. The Bertz CT molecular complexity index is 1310. The molecule has 0 aliphatic carbocycles. The first-order valence-electron chi connectivity index (χ1n) is 12.6. The minimum atomic E-state index is -0.587. The lowest BCUT2D eigenvalue weighted by atomic mass is 9.96.